The van der Waals surface area contributed by atoms with E-state index in [1.807, 2.05) is 11.9 Å². The highest BCUT2D eigenvalue weighted by atomic mass is 32.2. The summed E-state index contributed by atoms with van der Waals surface area (Å²) in [7, 11) is 1.40. The number of hydrogen-bond acceptors (Lipinski definition) is 6. The van der Waals surface area contributed by atoms with E-state index in [1.165, 1.54) is 26.3 Å². The Morgan fingerprint density at radius 1 is 1.03 bits per heavy atom. The van der Waals surface area contributed by atoms with Gasteiger partial charge in [-0.2, -0.15) is 0 Å². The maximum atomic E-state index is 12.9. The first-order valence-corrected chi connectivity index (χ1v) is 12.2. The first-order valence-electron chi connectivity index (χ1n) is 10.7. The molecule has 0 aliphatic carbocycles. The molecule has 33 heavy (non-hydrogen) atoms. The summed E-state index contributed by atoms with van der Waals surface area (Å²) < 4.78 is 31.3. The van der Waals surface area contributed by atoms with Gasteiger partial charge < -0.3 is 19.9 Å². The van der Waals surface area contributed by atoms with Gasteiger partial charge in [-0.3, -0.25) is 9.59 Å². The van der Waals surface area contributed by atoms with E-state index in [2.05, 4.69) is 14.9 Å². The van der Waals surface area contributed by atoms with Crippen molar-refractivity contribution >= 4 is 27.5 Å². The fourth-order valence-electron chi connectivity index (χ4n) is 3.55. The number of likely N-dealkylation sites (N-methyl/N-ethyl adjacent to an activating group) is 1. The molecule has 0 atom stereocenters. The molecule has 0 spiro atoms. The van der Waals surface area contributed by atoms with E-state index in [9.17, 15) is 18.0 Å². The molecule has 9 nitrogen and oxygen atoms in total. The second kappa shape index (κ2) is 10.8. The summed E-state index contributed by atoms with van der Waals surface area (Å²) in [6.45, 7) is 2.98. The standard InChI is InChI=1S/C23H30N4O5S/c1-24-33(30,31)19-8-4-17(5-9-19)6-11-22(28)25-20-16-18(7-10-21(20)32-3)23(29)27-14-12-26(2)13-15-27/h4-5,7-10,16,24H,6,11-15H2,1-3H3,(H,25,28). The third-order valence-corrected chi connectivity index (χ3v) is 7.08. The highest BCUT2D eigenvalue weighted by Gasteiger charge is 2.21. The molecule has 1 aliphatic rings. The molecular weight excluding hydrogens is 444 g/mol. The van der Waals surface area contributed by atoms with Crippen LogP contribution in [0.3, 0.4) is 0 Å². The minimum absolute atomic E-state index is 0.0714. The first kappa shape index (κ1) is 24.7. The van der Waals surface area contributed by atoms with Crippen LogP contribution in [0.15, 0.2) is 47.4 Å². The van der Waals surface area contributed by atoms with Crippen molar-refractivity contribution in [2.45, 2.75) is 17.7 Å². The number of nitrogens with zero attached hydrogens (tertiary/aromatic N) is 2. The van der Waals surface area contributed by atoms with Gasteiger partial charge in [0, 0.05) is 38.2 Å². The summed E-state index contributed by atoms with van der Waals surface area (Å²) >= 11 is 0. The second-order valence-corrected chi connectivity index (χ2v) is 9.80. The number of carbonyl (C=O) groups is 2. The van der Waals surface area contributed by atoms with Gasteiger partial charge >= 0.3 is 0 Å². The number of nitrogens with one attached hydrogen (secondary N) is 2. The van der Waals surface area contributed by atoms with Crippen LogP contribution in [0.2, 0.25) is 0 Å². The highest BCUT2D eigenvalue weighted by Crippen LogP contribution is 2.27. The van der Waals surface area contributed by atoms with Crippen LogP contribution >= 0.6 is 0 Å². The summed E-state index contributed by atoms with van der Waals surface area (Å²) in [5.41, 5.74) is 1.78. The van der Waals surface area contributed by atoms with E-state index in [0.29, 0.717) is 36.5 Å². The molecule has 2 aromatic rings. The molecule has 178 valence electrons. The highest BCUT2D eigenvalue weighted by molar-refractivity contribution is 7.89. The Balaban J connectivity index is 1.63. The topological polar surface area (TPSA) is 108 Å². The van der Waals surface area contributed by atoms with Crippen LogP contribution in [0.5, 0.6) is 5.75 Å². The lowest BCUT2D eigenvalue weighted by atomic mass is 10.1. The number of benzene rings is 2. The van der Waals surface area contributed by atoms with Crippen LogP contribution < -0.4 is 14.8 Å². The molecule has 10 heteroatoms. The lowest BCUT2D eigenvalue weighted by Crippen LogP contribution is -2.47. The molecular formula is C23H30N4O5S. The Labute approximate surface area is 194 Å². The monoisotopic (exact) mass is 474 g/mol. The van der Waals surface area contributed by atoms with Crippen LogP contribution in [-0.2, 0) is 21.2 Å². The van der Waals surface area contributed by atoms with Gasteiger partial charge in [-0.05, 0) is 56.4 Å². The Hall–Kier alpha value is -2.95. The number of anilines is 1. The molecule has 0 aromatic heterocycles. The molecule has 2 aromatic carbocycles. The lowest BCUT2D eigenvalue weighted by molar-refractivity contribution is -0.116. The van der Waals surface area contributed by atoms with Crippen LogP contribution in [0.25, 0.3) is 0 Å². The number of amides is 2. The SMILES string of the molecule is CNS(=O)(=O)c1ccc(CCC(=O)Nc2cc(C(=O)N3CCN(C)CC3)ccc2OC)cc1. The van der Waals surface area contributed by atoms with Crippen molar-refractivity contribution in [3.8, 4) is 5.75 Å². The summed E-state index contributed by atoms with van der Waals surface area (Å²) in [6, 6.07) is 11.4. The van der Waals surface area contributed by atoms with Crippen molar-refractivity contribution in [3.05, 3.63) is 53.6 Å². The number of methoxy groups -OCH3 is 1. The van der Waals surface area contributed by atoms with Crippen molar-refractivity contribution < 1.29 is 22.7 Å². The van der Waals surface area contributed by atoms with Crippen LogP contribution in [0, 0.1) is 0 Å². The van der Waals surface area contributed by atoms with E-state index < -0.39 is 10.0 Å². The molecule has 0 saturated carbocycles. The van der Waals surface area contributed by atoms with Crippen molar-refractivity contribution in [1.82, 2.24) is 14.5 Å². The second-order valence-electron chi connectivity index (χ2n) is 7.91. The lowest BCUT2D eigenvalue weighted by Gasteiger charge is -2.32. The molecule has 1 aliphatic heterocycles. The van der Waals surface area contributed by atoms with Crippen LogP contribution in [0.1, 0.15) is 22.3 Å². The number of ether oxygens (including phenoxy) is 1. The normalized spacial score (nSPS) is 14.7. The molecule has 0 bridgehead atoms. The third kappa shape index (κ3) is 6.31. The van der Waals surface area contributed by atoms with Crippen molar-refractivity contribution in [1.29, 1.82) is 0 Å². The maximum absolute atomic E-state index is 12.9. The van der Waals surface area contributed by atoms with Gasteiger partial charge in [0.2, 0.25) is 15.9 Å². The minimum atomic E-state index is -3.49. The molecule has 1 saturated heterocycles. The molecule has 1 fully saturated rings. The number of carbonyl (C=O) groups excluding carboxylic acids is 2. The molecule has 3 rings (SSSR count). The zero-order valence-corrected chi connectivity index (χ0v) is 19.9. The van der Waals surface area contributed by atoms with Crippen LogP contribution in [0.4, 0.5) is 5.69 Å². The smallest absolute Gasteiger partial charge is 0.254 e. The average molecular weight is 475 g/mol. The van der Waals surface area contributed by atoms with Gasteiger partial charge in [-0.25, -0.2) is 13.1 Å². The van der Waals surface area contributed by atoms with Gasteiger partial charge in [0.25, 0.3) is 5.91 Å². The van der Waals surface area contributed by atoms with Gasteiger partial charge in [0.1, 0.15) is 5.75 Å². The molecule has 2 N–H and O–H groups in total. The molecule has 1 heterocycles. The zero-order valence-electron chi connectivity index (χ0n) is 19.1. The fraction of sp³-hybridized carbons (Fsp3) is 0.391. The number of rotatable bonds is 8. The van der Waals surface area contributed by atoms with E-state index in [-0.39, 0.29) is 23.1 Å². The van der Waals surface area contributed by atoms with E-state index in [4.69, 9.17) is 4.74 Å². The zero-order chi connectivity index (χ0) is 24.0. The van der Waals surface area contributed by atoms with Crippen molar-refractivity contribution in [3.63, 3.8) is 0 Å². The Morgan fingerprint density at radius 3 is 2.30 bits per heavy atom. The summed E-state index contributed by atoms with van der Waals surface area (Å²) in [5, 5.41) is 2.83. The Kier molecular flexibility index (Phi) is 8.06. The number of aryl methyl sites for hydroxylation is 1. The first-order chi connectivity index (χ1) is 15.7. The quantitative estimate of drug-likeness (QED) is 0.601. The van der Waals surface area contributed by atoms with Crippen LogP contribution in [-0.4, -0.2) is 77.4 Å². The van der Waals surface area contributed by atoms with Gasteiger partial charge in [-0.1, -0.05) is 12.1 Å². The predicted molar refractivity (Wildman–Crippen MR) is 126 cm³/mol. The number of hydrogen-bond donors (Lipinski definition) is 2. The molecule has 0 unspecified atom stereocenters. The van der Waals surface area contributed by atoms with E-state index in [0.717, 1.165) is 18.7 Å². The minimum Gasteiger partial charge on any atom is -0.495 e. The summed E-state index contributed by atoms with van der Waals surface area (Å²) in [4.78, 5) is 29.6. The average Bonchev–Trinajstić information content (AvgIpc) is 2.83. The van der Waals surface area contributed by atoms with Crippen molar-refractivity contribution in [2.24, 2.45) is 0 Å². The Bertz CT molecular complexity index is 1090. The van der Waals surface area contributed by atoms with E-state index in [1.54, 1.807) is 30.3 Å². The van der Waals surface area contributed by atoms with E-state index >= 15 is 0 Å². The van der Waals surface area contributed by atoms with Crippen molar-refractivity contribution in [2.75, 3.05) is 52.7 Å². The number of sulfonamides is 1. The molecule has 2 amide bonds. The summed E-state index contributed by atoms with van der Waals surface area (Å²) in [6.07, 6.45) is 0.631. The maximum Gasteiger partial charge on any atom is 0.254 e. The Morgan fingerprint density at radius 2 is 1.70 bits per heavy atom. The molecule has 0 radical (unpaired) electrons. The number of piperazine rings is 1. The summed E-state index contributed by atoms with van der Waals surface area (Å²) in [5.74, 6) is 0.169. The van der Waals surface area contributed by atoms with Gasteiger partial charge in [0.05, 0.1) is 17.7 Å². The van der Waals surface area contributed by atoms with Gasteiger partial charge in [-0.15, -0.1) is 0 Å². The fourth-order valence-corrected chi connectivity index (χ4v) is 4.28. The third-order valence-electron chi connectivity index (χ3n) is 5.65. The predicted octanol–water partition coefficient (Wildman–Crippen LogP) is 1.56. The van der Waals surface area contributed by atoms with Gasteiger partial charge in [0.15, 0.2) is 0 Å². The largest absolute Gasteiger partial charge is 0.495 e.